The molecule has 1 saturated heterocycles. The molecule has 0 radical (unpaired) electrons. The van der Waals surface area contributed by atoms with E-state index in [9.17, 15) is 0 Å². The van der Waals surface area contributed by atoms with Crippen molar-refractivity contribution >= 4 is 0 Å². The average molecular weight is 258 g/mol. The van der Waals surface area contributed by atoms with Crippen LogP contribution in [0.25, 0.3) is 0 Å². The van der Waals surface area contributed by atoms with Crippen LogP contribution < -0.4 is 5.32 Å². The largest absolute Gasteiger partial charge is 0.354 e. The number of hydrogen-bond donors (Lipinski definition) is 1. The second kappa shape index (κ2) is 8.86. The molecule has 2 atom stereocenters. The molecule has 1 fully saturated rings. The summed E-state index contributed by atoms with van der Waals surface area (Å²) in [5.41, 5.74) is 0. The van der Waals surface area contributed by atoms with Gasteiger partial charge in [-0.1, -0.05) is 6.92 Å². The molecule has 0 amide bonds. The third-order valence-electron chi connectivity index (χ3n) is 3.73. The summed E-state index contributed by atoms with van der Waals surface area (Å²) in [6, 6.07) is 0.831. The zero-order chi connectivity index (χ0) is 13.4. The van der Waals surface area contributed by atoms with Gasteiger partial charge in [-0.15, -0.1) is 0 Å². The molecule has 0 spiro atoms. The molecule has 2 unspecified atom stereocenters. The minimum absolute atomic E-state index is 0.153. The smallest absolute Gasteiger partial charge is 0.171 e. The minimum atomic E-state index is -0.153. The Hall–Kier alpha value is -0.160. The quantitative estimate of drug-likeness (QED) is 0.707. The Balaban J connectivity index is 2.34. The van der Waals surface area contributed by atoms with Crippen molar-refractivity contribution in [3.63, 3.8) is 0 Å². The van der Waals surface area contributed by atoms with Gasteiger partial charge in [0, 0.05) is 20.3 Å². The molecule has 0 saturated carbocycles. The maximum absolute atomic E-state index is 5.30. The van der Waals surface area contributed by atoms with Crippen molar-refractivity contribution in [2.45, 2.75) is 57.9 Å². The molecule has 0 bridgehead atoms. The summed E-state index contributed by atoms with van der Waals surface area (Å²) in [5.74, 6) is 0. The van der Waals surface area contributed by atoms with Gasteiger partial charge < -0.3 is 19.7 Å². The fraction of sp³-hybridized carbons (Fsp3) is 1.00. The van der Waals surface area contributed by atoms with Crippen LogP contribution in [0, 0.1) is 0 Å². The lowest BCUT2D eigenvalue weighted by molar-refractivity contribution is -0.121. The maximum atomic E-state index is 5.30. The minimum Gasteiger partial charge on any atom is -0.354 e. The first-order valence-electron chi connectivity index (χ1n) is 7.25. The summed E-state index contributed by atoms with van der Waals surface area (Å²) < 4.78 is 10.6. The van der Waals surface area contributed by atoms with E-state index in [1.807, 2.05) is 0 Å². The zero-order valence-corrected chi connectivity index (χ0v) is 12.4. The number of rotatable bonds is 7. The van der Waals surface area contributed by atoms with E-state index in [0.29, 0.717) is 6.04 Å². The lowest BCUT2D eigenvalue weighted by Gasteiger charge is -2.27. The molecule has 4 nitrogen and oxygen atoms in total. The summed E-state index contributed by atoms with van der Waals surface area (Å²) in [6.45, 7) is 8.08. The van der Waals surface area contributed by atoms with Crippen molar-refractivity contribution in [2.24, 2.45) is 0 Å². The first kappa shape index (κ1) is 15.9. The SMILES string of the molecule is CCCN1CCCC(NC(C)C(OC)OC)CC1. The molecular formula is C14H30N2O2. The number of likely N-dealkylation sites (tertiary alicyclic amines) is 1. The fourth-order valence-electron chi connectivity index (χ4n) is 2.82. The Kier molecular flexibility index (Phi) is 7.82. The van der Waals surface area contributed by atoms with Gasteiger partial charge in [0.1, 0.15) is 0 Å². The van der Waals surface area contributed by atoms with Crippen LogP contribution in [0.3, 0.4) is 0 Å². The van der Waals surface area contributed by atoms with Gasteiger partial charge in [-0.2, -0.15) is 0 Å². The van der Waals surface area contributed by atoms with Crippen LogP contribution in [0.2, 0.25) is 0 Å². The molecule has 108 valence electrons. The molecular weight excluding hydrogens is 228 g/mol. The Morgan fingerprint density at radius 1 is 1.22 bits per heavy atom. The number of nitrogens with zero attached hydrogens (tertiary/aromatic N) is 1. The summed E-state index contributed by atoms with van der Waals surface area (Å²) in [5, 5.41) is 3.65. The van der Waals surface area contributed by atoms with E-state index in [2.05, 4.69) is 24.1 Å². The summed E-state index contributed by atoms with van der Waals surface area (Å²) in [6.07, 6.45) is 4.87. The first-order chi connectivity index (χ1) is 8.71. The highest BCUT2D eigenvalue weighted by Crippen LogP contribution is 2.13. The Morgan fingerprint density at radius 3 is 2.56 bits per heavy atom. The summed E-state index contributed by atoms with van der Waals surface area (Å²) >= 11 is 0. The molecule has 0 aliphatic carbocycles. The lowest BCUT2D eigenvalue weighted by atomic mass is 10.1. The van der Waals surface area contributed by atoms with Gasteiger partial charge in [0.05, 0.1) is 6.04 Å². The molecule has 4 heteroatoms. The van der Waals surface area contributed by atoms with E-state index in [1.54, 1.807) is 14.2 Å². The molecule has 18 heavy (non-hydrogen) atoms. The highest BCUT2D eigenvalue weighted by molar-refractivity contribution is 4.78. The van der Waals surface area contributed by atoms with Crippen LogP contribution >= 0.6 is 0 Å². The van der Waals surface area contributed by atoms with Gasteiger partial charge in [-0.05, 0) is 52.2 Å². The normalized spacial score (nSPS) is 24.2. The maximum Gasteiger partial charge on any atom is 0.171 e. The molecule has 0 aromatic carbocycles. The second-order valence-electron chi connectivity index (χ2n) is 5.26. The monoisotopic (exact) mass is 258 g/mol. The van der Waals surface area contributed by atoms with Crippen molar-refractivity contribution in [3.05, 3.63) is 0 Å². The fourth-order valence-corrected chi connectivity index (χ4v) is 2.82. The Morgan fingerprint density at radius 2 is 1.94 bits per heavy atom. The molecule has 1 N–H and O–H groups in total. The summed E-state index contributed by atoms with van der Waals surface area (Å²) in [4.78, 5) is 2.58. The van der Waals surface area contributed by atoms with Gasteiger partial charge in [-0.3, -0.25) is 0 Å². The van der Waals surface area contributed by atoms with E-state index in [-0.39, 0.29) is 12.3 Å². The highest BCUT2D eigenvalue weighted by Gasteiger charge is 2.22. The predicted molar refractivity (Wildman–Crippen MR) is 74.8 cm³/mol. The van der Waals surface area contributed by atoms with Crippen molar-refractivity contribution in [2.75, 3.05) is 33.9 Å². The van der Waals surface area contributed by atoms with Gasteiger partial charge in [0.15, 0.2) is 6.29 Å². The zero-order valence-electron chi connectivity index (χ0n) is 12.4. The van der Waals surface area contributed by atoms with E-state index in [1.165, 1.54) is 45.3 Å². The van der Waals surface area contributed by atoms with Gasteiger partial charge in [-0.25, -0.2) is 0 Å². The van der Waals surface area contributed by atoms with Crippen molar-refractivity contribution in [3.8, 4) is 0 Å². The molecule has 0 aromatic rings. The number of methoxy groups -OCH3 is 2. The number of ether oxygens (including phenoxy) is 2. The molecule has 1 aliphatic heterocycles. The number of hydrogen-bond acceptors (Lipinski definition) is 4. The lowest BCUT2D eigenvalue weighted by Crippen LogP contribution is -2.45. The van der Waals surface area contributed by atoms with Crippen molar-refractivity contribution in [1.29, 1.82) is 0 Å². The molecule has 1 rings (SSSR count). The molecule has 1 aliphatic rings. The Labute approximate surface area is 112 Å². The third-order valence-corrected chi connectivity index (χ3v) is 3.73. The van der Waals surface area contributed by atoms with Gasteiger partial charge >= 0.3 is 0 Å². The summed E-state index contributed by atoms with van der Waals surface area (Å²) in [7, 11) is 3.39. The topological polar surface area (TPSA) is 33.7 Å². The van der Waals surface area contributed by atoms with Crippen LogP contribution in [0.15, 0.2) is 0 Å². The van der Waals surface area contributed by atoms with Crippen LogP contribution in [-0.2, 0) is 9.47 Å². The predicted octanol–water partition coefficient (Wildman–Crippen LogP) is 1.85. The van der Waals surface area contributed by atoms with Crippen LogP contribution in [0.5, 0.6) is 0 Å². The number of nitrogens with one attached hydrogen (secondary N) is 1. The van der Waals surface area contributed by atoms with Crippen LogP contribution in [0.4, 0.5) is 0 Å². The van der Waals surface area contributed by atoms with E-state index >= 15 is 0 Å². The van der Waals surface area contributed by atoms with Gasteiger partial charge in [0.2, 0.25) is 0 Å². The average Bonchev–Trinajstić information content (AvgIpc) is 2.57. The second-order valence-corrected chi connectivity index (χ2v) is 5.26. The Bertz CT molecular complexity index is 210. The van der Waals surface area contributed by atoms with E-state index < -0.39 is 0 Å². The van der Waals surface area contributed by atoms with Crippen molar-refractivity contribution in [1.82, 2.24) is 10.2 Å². The molecule has 0 aromatic heterocycles. The van der Waals surface area contributed by atoms with E-state index in [4.69, 9.17) is 9.47 Å². The van der Waals surface area contributed by atoms with Crippen LogP contribution in [0.1, 0.15) is 39.5 Å². The first-order valence-corrected chi connectivity index (χ1v) is 7.25. The van der Waals surface area contributed by atoms with Crippen LogP contribution in [-0.4, -0.2) is 57.1 Å². The van der Waals surface area contributed by atoms with Gasteiger partial charge in [0.25, 0.3) is 0 Å². The standard InChI is InChI=1S/C14H30N2O2/c1-5-9-16-10-6-7-13(8-11-16)15-12(2)14(17-3)18-4/h12-15H,5-11H2,1-4H3. The molecule has 1 heterocycles. The van der Waals surface area contributed by atoms with E-state index in [0.717, 1.165) is 0 Å². The third kappa shape index (κ3) is 5.22. The van der Waals surface area contributed by atoms with Crippen molar-refractivity contribution < 1.29 is 9.47 Å². The highest BCUT2D eigenvalue weighted by atomic mass is 16.7.